The molecule has 108 valence electrons. The molecule has 0 saturated heterocycles. The van der Waals surface area contributed by atoms with Gasteiger partial charge in [-0.3, -0.25) is 4.79 Å². The Balaban J connectivity index is 2.34. The van der Waals surface area contributed by atoms with Gasteiger partial charge in [0.15, 0.2) is 0 Å². The first-order valence-corrected chi connectivity index (χ1v) is 6.15. The zero-order valence-corrected chi connectivity index (χ0v) is 11.1. The number of urea groups is 1. The van der Waals surface area contributed by atoms with Gasteiger partial charge in [-0.05, 0) is 18.6 Å². The van der Waals surface area contributed by atoms with E-state index in [0.29, 0.717) is 5.69 Å². The van der Waals surface area contributed by atoms with E-state index in [1.54, 1.807) is 31.2 Å². The highest BCUT2D eigenvalue weighted by Crippen LogP contribution is 2.03. The Kier molecular flexibility index (Phi) is 6.02. The molecule has 1 aromatic rings. The fourth-order valence-corrected chi connectivity index (χ4v) is 1.44. The molecular weight excluding hydrogens is 262 g/mol. The third-order valence-corrected chi connectivity index (χ3v) is 2.48. The SMILES string of the molecule is CCC(NC(=O)CNC(=O)Nc1ccccc1)C(=O)O. The van der Waals surface area contributed by atoms with Crippen molar-refractivity contribution in [1.29, 1.82) is 0 Å². The van der Waals surface area contributed by atoms with Crippen molar-refractivity contribution < 1.29 is 19.5 Å². The highest BCUT2D eigenvalue weighted by atomic mass is 16.4. The summed E-state index contributed by atoms with van der Waals surface area (Å²) in [4.78, 5) is 33.7. The largest absolute Gasteiger partial charge is 0.480 e. The Bertz CT molecular complexity index is 476. The summed E-state index contributed by atoms with van der Waals surface area (Å²) in [5, 5.41) is 16.0. The van der Waals surface area contributed by atoms with Crippen LogP contribution < -0.4 is 16.0 Å². The minimum atomic E-state index is -1.10. The monoisotopic (exact) mass is 279 g/mol. The molecule has 1 aromatic carbocycles. The minimum Gasteiger partial charge on any atom is -0.480 e. The van der Waals surface area contributed by atoms with Gasteiger partial charge >= 0.3 is 12.0 Å². The number of anilines is 1. The molecule has 1 unspecified atom stereocenters. The van der Waals surface area contributed by atoms with E-state index < -0.39 is 23.9 Å². The van der Waals surface area contributed by atoms with E-state index in [9.17, 15) is 14.4 Å². The molecule has 0 aliphatic rings. The smallest absolute Gasteiger partial charge is 0.326 e. The number of aliphatic carboxylic acids is 1. The van der Waals surface area contributed by atoms with Crippen LogP contribution in [0.3, 0.4) is 0 Å². The molecule has 0 aromatic heterocycles. The maximum absolute atomic E-state index is 11.5. The zero-order chi connectivity index (χ0) is 15.0. The van der Waals surface area contributed by atoms with Gasteiger partial charge in [-0.25, -0.2) is 9.59 Å². The molecule has 0 heterocycles. The number of hydrogen-bond donors (Lipinski definition) is 4. The molecule has 0 aliphatic carbocycles. The van der Waals surface area contributed by atoms with E-state index in [0.717, 1.165) is 0 Å². The lowest BCUT2D eigenvalue weighted by Crippen LogP contribution is -2.45. The first kappa shape index (κ1) is 15.5. The Morgan fingerprint density at radius 3 is 2.40 bits per heavy atom. The van der Waals surface area contributed by atoms with Crippen molar-refractivity contribution in [1.82, 2.24) is 10.6 Å². The van der Waals surface area contributed by atoms with Gasteiger partial charge < -0.3 is 21.1 Å². The minimum absolute atomic E-state index is 0.275. The molecule has 1 atom stereocenters. The average Bonchev–Trinajstić information content (AvgIpc) is 2.43. The lowest BCUT2D eigenvalue weighted by atomic mass is 10.2. The number of carbonyl (C=O) groups is 3. The number of nitrogens with one attached hydrogen (secondary N) is 3. The summed E-state index contributed by atoms with van der Waals surface area (Å²) in [7, 11) is 0. The van der Waals surface area contributed by atoms with Gasteiger partial charge in [0, 0.05) is 5.69 Å². The summed E-state index contributed by atoms with van der Waals surface area (Å²) < 4.78 is 0. The van der Waals surface area contributed by atoms with E-state index in [1.165, 1.54) is 0 Å². The van der Waals surface area contributed by atoms with Gasteiger partial charge in [0.1, 0.15) is 6.04 Å². The van der Waals surface area contributed by atoms with E-state index in [2.05, 4.69) is 16.0 Å². The molecule has 0 spiro atoms. The summed E-state index contributed by atoms with van der Waals surface area (Å²) in [5.74, 6) is -1.66. The maximum Gasteiger partial charge on any atom is 0.326 e. The van der Waals surface area contributed by atoms with Gasteiger partial charge in [0.2, 0.25) is 5.91 Å². The Hall–Kier alpha value is -2.57. The quantitative estimate of drug-likeness (QED) is 0.617. The van der Waals surface area contributed by atoms with Crippen LogP contribution in [-0.2, 0) is 9.59 Å². The molecule has 0 bridgehead atoms. The standard InChI is InChI=1S/C13H17N3O4/c1-2-10(12(18)19)16-11(17)8-14-13(20)15-9-6-4-3-5-7-9/h3-7,10H,2,8H2,1H3,(H,16,17)(H,18,19)(H2,14,15,20). The molecule has 0 aliphatic heterocycles. The van der Waals surface area contributed by atoms with Crippen LogP contribution in [0.1, 0.15) is 13.3 Å². The van der Waals surface area contributed by atoms with Gasteiger partial charge in [-0.1, -0.05) is 25.1 Å². The Morgan fingerprint density at radius 2 is 1.85 bits per heavy atom. The van der Waals surface area contributed by atoms with Crippen molar-refractivity contribution in [2.45, 2.75) is 19.4 Å². The third kappa shape index (κ3) is 5.38. The van der Waals surface area contributed by atoms with Gasteiger partial charge in [0.25, 0.3) is 0 Å². The topological polar surface area (TPSA) is 108 Å². The first-order chi connectivity index (χ1) is 9.52. The number of para-hydroxylation sites is 1. The van der Waals surface area contributed by atoms with Crippen LogP contribution >= 0.6 is 0 Å². The van der Waals surface area contributed by atoms with Gasteiger partial charge in [-0.15, -0.1) is 0 Å². The second-order valence-electron chi connectivity index (χ2n) is 4.04. The number of rotatable bonds is 6. The molecule has 0 saturated carbocycles. The maximum atomic E-state index is 11.5. The second-order valence-corrected chi connectivity index (χ2v) is 4.04. The van der Waals surface area contributed by atoms with Crippen molar-refractivity contribution in [2.75, 3.05) is 11.9 Å². The van der Waals surface area contributed by atoms with E-state index >= 15 is 0 Å². The predicted octanol–water partition coefficient (Wildman–Crippen LogP) is 0.787. The average molecular weight is 279 g/mol. The fourth-order valence-electron chi connectivity index (χ4n) is 1.44. The number of carboxylic acids is 1. The summed E-state index contributed by atoms with van der Waals surface area (Å²) in [6.45, 7) is 1.36. The van der Waals surface area contributed by atoms with Gasteiger partial charge in [0.05, 0.1) is 6.54 Å². The first-order valence-electron chi connectivity index (χ1n) is 6.15. The van der Waals surface area contributed by atoms with Crippen LogP contribution in [0.4, 0.5) is 10.5 Å². The van der Waals surface area contributed by atoms with Gasteiger partial charge in [-0.2, -0.15) is 0 Å². The molecule has 0 fully saturated rings. The highest BCUT2D eigenvalue weighted by molar-refractivity contribution is 5.93. The van der Waals surface area contributed by atoms with E-state index in [-0.39, 0.29) is 13.0 Å². The van der Waals surface area contributed by atoms with Crippen molar-refractivity contribution >= 4 is 23.6 Å². The summed E-state index contributed by atoms with van der Waals surface area (Å²) in [6.07, 6.45) is 0.275. The lowest BCUT2D eigenvalue weighted by Gasteiger charge is -2.12. The number of benzene rings is 1. The fraction of sp³-hybridized carbons (Fsp3) is 0.308. The lowest BCUT2D eigenvalue weighted by molar-refractivity contribution is -0.141. The molecule has 1 rings (SSSR count). The molecule has 0 radical (unpaired) electrons. The second kappa shape index (κ2) is 7.78. The summed E-state index contributed by atoms with van der Waals surface area (Å²) in [5.41, 5.74) is 0.599. The Morgan fingerprint density at radius 1 is 1.20 bits per heavy atom. The molecule has 20 heavy (non-hydrogen) atoms. The molecular formula is C13H17N3O4. The molecule has 4 N–H and O–H groups in total. The summed E-state index contributed by atoms with van der Waals surface area (Å²) >= 11 is 0. The normalized spacial score (nSPS) is 11.2. The zero-order valence-electron chi connectivity index (χ0n) is 11.1. The van der Waals surface area contributed by atoms with Crippen LogP contribution in [0.25, 0.3) is 0 Å². The Labute approximate surface area is 116 Å². The number of hydrogen-bond acceptors (Lipinski definition) is 3. The molecule has 3 amide bonds. The van der Waals surface area contributed by atoms with E-state index in [1.807, 2.05) is 6.07 Å². The van der Waals surface area contributed by atoms with E-state index in [4.69, 9.17) is 5.11 Å². The van der Waals surface area contributed by atoms with Crippen LogP contribution in [0, 0.1) is 0 Å². The number of carbonyl (C=O) groups excluding carboxylic acids is 2. The third-order valence-electron chi connectivity index (χ3n) is 2.48. The molecule has 7 heteroatoms. The van der Waals surface area contributed by atoms with Crippen LogP contribution in [0.2, 0.25) is 0 Å². The predicted molar refractivity (Wildman–Crippen MR) is 73.3 cm³/mol. The van der Waals surface area contributed by atoms with Crippen molar-refractivity contribution in [2.24, 2.45) is 0 Å². The number of amides is 3. The van der Waals surface area contributed by atoms with Crippen LogP contribution in [0.5, 0.6) is 0 Å². The molecule has 7 nitrogen and oxygen atoms in total. The van der Waals surface area contributed by atoms with Crippen LogP contribution in [-0.4, -0.2) is 35.6 Å². The van der Waals surface area contributed by atoms with Crippen molar-refractivity contribution in [3.63, 3.8) is 0 Å². The number of carboxylic acid groups (broad SMARTS) is 1. The van der Waals surface area contributed by atoms with Crippen molar-refractivity contribution in [3.8, 4) is 0 Å². The summed E-state index contributed by atoms with van der Waals surface area (Å²) in [6, 6.07) is 7.28. The van der Waals surface area contributed by atoms with Crippen LogP contribution in [0.15, 0.2) is 30.3 Å². The van der Waals surface area contributed by atoms with Crippen molar-refractivity contribution in [3.05, 3.63) is 30.3 Å². The highest BCUT2D eigenvalue weighted by Gasteiger charge is 2.17.